The van der Waals surface area contributed by atoms with Gasteiger partial charge in [-0.05, 0) is 19.1 Å². The highest BCUT2D eigenvalue weighted by Gasteiger charge is 2.29. The minimum absolute atomic E-state index is 0.117. The number of benzene rings is 1. The molecular weight excluding hydrogens is 220 g/mol. The highest BCUT2D eigenvalue weighted by molar-refractivity contribution is 6.30. The molecule has 6 heteroatoms. The van der Waals surface area contributed by atoms with Gasteiger partial charge >= 0.3 is 0 Å². The molecular formula is C9H11ClN2O3. The zero-order valence-electron chi connectivity index (χ0n) is 8.11. The van der Waals surface area contributed by atoms with Gasteiger partial charge < -0.3 is 10.8 Å². The van der Waals surface area contributed by atoms with Crippen molar-refractivity contribution in [3.05, 3.63) is 38.9 Å². The van der Waals surface area contributed by atoms with Crippen LogP contribution in [-0.4, -0.2) is 16.6 Å². The van der Waals surface area contributed by atoms with Crippen LogP contribution in [0.1, 0.15) is 12.5 Å². The van der Waals surface area contributed by atoms with Crippen LogP contribution >= 0.6 is 11.6 Å². The van der Waals surface area contributed by atoms with E-state index in [0.717, 1.165) is 0 Å². The van der Waals surface area contributed by atoms with Crippen molar-refractivity contribution in [2.75, 3.05) is 6.54 Å². The number of nitro benzene ring substituents is 1. The molecule has 82 valence electrons. The highest BCUT2D eigenvalue weighted by atomic mass is 35.5. The molecule has 15 heavy (non-hydrogen) atoms. The Hall–Kier alpha value is -1.17. The summed E-state index contributed by atoms with van der Waals surface area (Å²) in [5, 5.41) is 20.9. The van der Waals surface area contributed by atoms with Crippen molar-refractivity contribution in [3.63, 3.8) is 0 Å². The van der Waals surface area contributed by atoms with Crippen molar-refractivity contribution >= 4 is 17.3 Å². The Kier molecular flexibility index (Phi) is 3.28. The van der Waals surface area contributed by atoms with Gasteiger partial charge in [0.1, 0.15) is 5.60 Å². The minimum Gasteiger partial charge on any atom is -0.384 e. The predicted molar refractivity (Wildman–Crippen MR) is 56.7 cm³/mol. The molecule has 0 saturated carbocycles. The summed E-state index contributed by atoms with van der Waals surface area (Å²) in [6.45, 7) is 1.29. The van der Waals surface area contributed by atoms with E-state index in [1.165, 1.54) is 25.1 Å². The van der Waals surface area contributed by atoms with E-state index in [4.69, 9.17) is 17.3 Å². The fourth-order valence-electron chi connectivity index (χ4n) is 1.21. The molecule has 0 spiro atoms. The minimum atomic E-state index is -1.45. The van der Waals surface area contributed by atoms with E-state index in [1.807, 2.05) is 0 Å². The van der Waals surface area contributed by atoms with Gasteiger partial charge in [0.2, 0.25) is 0 Å². The molecule has 0 amide bonds. The second kappa shape index (κ2) is 4.14. The number of nitrogens with zero attached hydrogens (tertiary/aromatic N) is 1. The summed E-state index contributed by atoms with van der Waals surface area (Å²) in [4.78, 5) is 10.1. The second-order valence-electron chi connectivity index (χ2n) is 3.40. The van der Waals surface area contributed by atoms with E-state index < -0.39 is 10.5 Å². The van der Waals surface area contributed by atoms with Crippen LogP contribution in [-0.2, 0) is 5.60 Å². The smallest absolute Gasteiger partial charge is 0.275 e. The quantitative estimate of drug-likeness (QED) is 0.607. The highest BCUT2D eigenvalue weighted by Crippen LogP contribution is 2.31. The molecule has 1 atom stereocenters. The van der Waals surface area contributed by atoms with Crippen molar-refractivity contribution in [1.82, 2.24) is 0 Å². The molecule has 0 radical (unpaired) electrons. The van der Waals surface area contributed by atoms with Crippen LogP contribution in [0.2, 0.25) is 5.02 Å². The standard InChI is InChI=1S/C9H11ClN2O3/c1-9(13,5-11)7-4-6(10)2-3-8(7)12(14)15/h2-4,13H,5,11H2,1H3. The number of halogens is 1. The third-order valence-corrected chi connectivity index (χ3v) is 2.37. The monoisotopic (exact) mass is 230 g/mol. The van der Waals surface area contributed by atoms with Crippen molar-refractivity contribution in [3.8, 4) is 0 Å². The van der Waals surface area contributed by atoms with Gasteiger partial charge in [0.05, 0.1) is 10.5 Å². The van der Waals surface area contributed by atoms with Gasteiger partial charge in [-0.1, -0.05) is 11.6 Å². The fraction of sp³-hybridized carbons (Fsp3) is 0.333. The van der Waals surface area contributed by atoms with Gasteiger partial charge in [-0.25, -0.2) is 0 Å². The lowest BCUT2D eigenvalue weighted by Crippen LogP contribution is -2.32. The summed E-state index contributed by atoms with van der Waals surface area (Å²) < 4.78 is 0. The Bertz CT molecular complexity index is 393. The van der Waals surface area contributed by atoms with E-state index in [-0.39, 0.29) is 17.8 Å². The number of aliphatic hydroxyl groups is 1. The Morgan fingerprint density at radius 3 is 2.73 bits per heavy atom. The van der Waals surface area contributed by atoms with Gasteiger partial charge in [0.15, 0.2) is 0 Å². The summed E-state index contributed by atoms with van der Waals surface area (Å²) >= 11 is 5.71. The lowest BCUT2D eigenvalue weighted by molar-refractivity contribution is -0.386. The number of nitro groups is 1. The molecule has 0 heterocycles. The first-order valence-corrected chi connectivity index (χ1v) is 4.63. The zero-order valence-corrected chi connectivity index (χ0v) is 8.86. The molecule has 0 aliphatic heterocycles. The zero-order chi connectivity index (χ0) is 11.6. The number of hydrogen-bond acceptors (Lipinski definition) is 4. The van der Waals surface area contributed by atoms with Gasteiger partial charge in [-0.2, -0.15) is 0 Å². The Balaban J connectivity index is 3.37. The van der Waals surface area contributed by atoms with E-state index in [1.54, 1.807) is 0 Å². The molecule has 1 unspecified atom stereocenters. The SMILES string of the molecule is CC(O)(CN)c1cc(Cl)ccc1[N+](=O)[O-]. The fourth-order valence-corrected chi connectivity index (χ4v) is 1.38. The molecule has 0 fully saturated rings. The number of rotatable bonds is 3. The Morgan fingerprint density at radius 2 is 2.27 bits per heavy atom. The van der Waals surface area contributed by atoms with Crippen molar-refractivity contribution < 1.29 is 10.0 Å². The van der Waals surface area contributed by atoms with Crippen LogP contribution in [0.25, 0.3) is 0 Å². The van der Waals surface area contributed by atoms with E-state index in [0.29, 0.717) is 5.02 Å². The van der Waals surface area contributed by atoms with Crippen molar-refractivity contribution in [1.29, 1.82) is 0 Å². The lowest BCUT2D eigenvalue weighted by atomic mass is 9.94. The topological polar surface area (TPSA) is 89.4 Å². The summed E-state index contributed by atoms with van der Waals surface area (Å²) in [6, 6.07) is 4.00. The average molecular weight is 231 g/mol. The number of hydrogen-bond donors (Lipinski definition) is 2. The normalized spacial score (nSPS) is 14.7. The van der Waals surface area contributed by atoms with Crippen LogP contribution < -0.4 is 5.73 Å². The maximum atomic E-state index is 10.7. The van der Waals surface area contributed by atoms with Crippen molar-refractivity contribution in [2.24, 2.45) is 5.73 Å². The average Bonchev–Trinajstić information content (AvgIpc) is 2.17. The first-order chi connectivity index (χ1) is 6.88. The molecule has 1 aromatic rings. The van der Waals surface area contributed by atoms with Crippen molar-refractivity contribution in [2.45, 2.75) is 12.5 Å². The molecule has 0 bridgehead atoms. The molecule has 0 aliphatic carbocycles. The first kappa shape index (κ1) is 11.9. The lowest BCUT2D eigenvalue weighted by Gasteiger charge is -2.21. The summed E-state index contributed by atoms with van der Waals surface area (Å²) in [5.41, 5.74) is 3.83. The van der Waals surface area contributed by atoms with Crippen LogP contribution in [0, 0.1) is 10.1 Å². The van der Waals surface area contributed by atoms with E-state index in [9.17, 15) is 15.2 Å². The first-order valence-electron chi connectivity index (χ1n) is 4.25. The second-order valence-corrected chi connectivity index (χ2v) is 3.83. The molecule has 0 saturated heterocycles. The van der Waals surface area contributed by atoms with Gasteiger partial charge in [-0.3, -0.25) is 10.1 Å². The summed E-state index contributed by atoms with van der Waals surface area (Å²) in [7, 11) is 0. The number of nitrogens with two attached hydrogens (primary N) is 1. The van der Waals surface area contributed by atoms with Crippen LogP contribution in [0.3, 0.4) is 0 Å². The Morgan fingerprint density at radius 1 is 1.67 bits per heavy atom. The molecule has 1 aromatic carbocycles. The third kappa shape index (κ3) is 2.44. The maximum Gasteiger partial charge on any atom is 0.275 e. The summed E-state index contributed by atoms with van der Waals surface area (Å²) in [6.07, 6.45) is 0. The van der Waals surface area contributed by atoms with Gasteiger partial charge in [0, 0.05) is 17.6 Å². The van der Waals surface area contributed by atoms with Gasteiger partial charge in [-0.15, -0.1) is 0 Å². The molecule has 5 nitrogen and oxygen atoms in total. The van der Waals surface area contributed by atoms with Crippen LogP contribution in [0.15, 0.2) is 18.2 Å². The van der Waals surface area contributed by atoms with Crippen LogP contribution in [0.4, 0.5) is 5.69 Å². The van der Waals surface area contributed by atoms with E-state index >= 15 is 0 Å². The van der Waals surface area contributed by atoms with Gasteiger partial charge in [0.25, 0.3) is 5.69 Å². The predicted octanol–water partition coefficient (Wildman–Crippen LogP) is 1.41. The Labute approximate surface area is 91.6 Å². The molecule has 1 rings (SSSR count). The molecule has 0 aromatic heterocycles. The molecule has 3 N–H and O–H groups in total. The summed E-state index contributed by atoms with van der Waals surface area (Å²) in [5.74, 6) is 0. The largest absolute Gasteiger partial charge is 0.384 e. The molecule has 0 aliphatic rings. The van der Waals surface area contributed by atoms with E-state index in [2.05, 4.69) is 0 Å². The third-order valence-electron chi connectivity index (χ3n) is 2.13. The van der Waals surface area contributed by atoms with Crippen LogP contribution in [0.5, 0.6) is 0 Å². The maximum absolute atomic E-state index is 10.7.